The van der Waals surface area contributed by atoms with Gasteiger partial charge in [0.1, 0.15) is 19.3 Å². The largest absolute Gasteiger partial charge is 0.472 e. The summed E-state index contributed by atoms with van der Waals surface area (Å²) in [6, 6.07) is 0. The Morgan fingerprint density at radius 2 is 0.481 bits per heavy atom. The van der Waals surface area contributed by atoms with Crippen LogP contribution in [0.15, 0.2) is 182 Å². The van der Waals surface area contributed by atoms with Crippen molar-refractivity contribution in [2.24, 2.45) is 0 Å². The van der Waals surface area contributed by atoms with Crippen LogP contribution in [0.4, 0.5) is 0 Å². The molecule has 0 bridgehead atoms. The van der Waals surface area contributed by atoms with Crippen LogP contribution in [0.3, 0.4) is 0 Å². The molecule has 0 aromatic rings. The van der Waals surface area contributed by atoms with Crippen LogP contribution in [0.5, 0.6) is 0 Å². The maximum atomic E-state index is 13.1. The van der Waals surface area contributed by atoms with Gasteiger partial charge in [-0.25, -0.2) is 9.13 Å². The quantitative estimate of drug-likeness (QED) is 0.0169. The number of hydrogen-bond acceptors (Lipinski definition) is 15. The molecule has 0 aromatic heterocycles. The molecule has 0 aromatic carbocycles. The fourth-order valence-corrected chi connectivity index (χ4v) is 11.6. The second-order valence-electron chi connectivity index (χ2n) is 26.6. The Morgan fingerprint density at radius 1 is 0.259 bits per heavy atom. The van der Waals surface area contributed by atoms with E-state index >= 15 is 0 Å². The van der Waals surface area contributed by atoms with E-state index in [1.807, 2.05) is 48.6 Å². The van der Waals surface area contributed by atoms with Crippen LogP contribution < -0.4 is 0 Å². The first-order chi connectivity index (χ1) is 52.7. The molecule has 19 heteroatoms. The highest BCUT2D eigenvalue weighted by molar-refractivity contribution is 7.47. The third-order valence-electron chi connectivity index (χ3n) is 16.3. The third kappa shape index (κ3) is 78.3. The highest BCUT2D eigenvalue weighted by atomic mass is 31.2. The molecule has 0 amide bonds. The van der Waals surface area contributed by atoms with Crippen molar-refractivity contribution in [1.82, 2.24) is 0 Å². The summed E-state index contributed by atoms with van der Waals surface area (Å²) >= 11 is 0. The number of phosphoric acid groups is 2. The molecule has 0 aliphatic heterocycles. The normalized spacial score (nSPS) is 14.8. The lowest BCUT2D eigenvalue weighted by molar-refractivity contribution is -0.161. The van der Waals surface area contributed by atoms with Crippen LogP contribution in [0.1, 0.15) is 297 Å². The molecule has 0 fully saturated rings. The summed E-state index contributed by atoms with van der Waals surface area (Å²) in [5, 5.41) is 10.6. The summed E-state index contributed by atoms with van der Waals surface area (Å²) < 4.78 is 68.4. The predicted molar refractivity (Wildman–Crippen MR) is 445 cm³/mol. The van der Waals surface area contributed by atoms with Gasteiger partial charge >= 0.3 is 39.5 Å². The van der Waals surface area contributed by atoms with Gasteiger partial charge in [-0.3, -0.25) is 37.3 Å². The highest BCUT2D eigenvalue weighted by Crippen LogP contribution is 2.45. The molecule has 0 aliphatic carbocycles. The maximum Gasteiger partial charge on any atom is 0.472 e. The van der Waals surface area contributed by atoms with E-state index in [-0.39, 0.29) is 25.7 Å². The fourth-order valence-electron chi connectivity index (χ4n) is 10.1. The van der Waals surface area contributed by atoms with Gasteiger partial charge < -0.3 is 33.8 Å². The maximum absolute atomic E-state index is 13.1. The van der Waals surface area contributed by atoms with E-state index in [1.54, 1.807) is 0 Å². The second-order valence-corrected chi connectivity index (χ2v) is 29.5. The lowest BCUT2D eigenvalue weighted by Gasteiger charge is -2.21. The summed E-state index contributed by atoms with van der Waals surface area (Å²) in [5.74, 6) is -2.46. The Morgan fingerprint density at radius 3 is 0.824 bits per heavy atom. The summed E-state index contributed by atoms with van der Waals surface area (Å²) in [6.07, 6.45) is 96.2. The number of phosphoric ester groups is 2. The molecule has 0 aliphatic rings. The van der Waals surface area contributed by atoms with Gasteiger partial charge in [0, 0.05) is 25.7 Å². The number of allylic oxidation sites excluding steroid dienone is 30. The number of ether oxygens (including phenoxy) is 4. The molecule has 0 saturated heterocycles. The molecule has 17 nitrogen and oxygen atoms in total. The van der Waals surface area contributed by atoms with Gasteiger partial charge in [0.25, 0.3) is 0 Å². The van der Waals surface area contributed by atoms with Crippen LogP contribution in [0, 0.1) is 0 Å². The van der Waals surface area contributed by atoms with E-state index in [4.69, 9.17) is 37.0 Å². The zero-order chi connectivity index (χ0) is 78.9. The Kier molecular flexibility index (Phi) is 75.0. The number of carbonyl (C=O) groups is 4. The molecule has 2 unspecified atom stereocenters. The highest BCUT2D eigenvalue weighted by Gasteiger charge is 2.30. The number of aliphatic hydroxyl groups excluding tert-OH is 1. The van der Waals surface area contributed by atoms with Crippen LogP contribution >= 0.6 is 15.6 Å². The van der Waals surface area contributed by atoms with Gasteiger partial charge in [-0.15, -0.1) is 0 Å². The standard InChI is InChI=1S/C89H144O17P2/c1-5-9-13-17-21-25-29-33-36-39-41-44-47-51-54-58-62-66-70-74-87(92)100-80-85(106-89(94)76-72-68-64-60-56-52-48-45-42-40-37-34-30-26-22-18-14-10-6-2)82-104-108(97,98)102-78-83(90)77-101-107(95,96)103-81-84(105-88(93)75-71-67-63-59-55-49-32-28-24-20-16-12-8-4)79-99-86(91)73-69-65-61-57-53-50-46-43-38-35-31-27-23-19-15-11-7-3/h21-23,25-28,32-38,41-42,44-46,50-52,54,56-57,61-62,64,66,68,83-85,90H,5-20,24,29-31,39-40,43,47-49,53,55,58-60,63,65,67,69-82H2,1-4H3,(H,95,96)(H,97,98)/b25-21-,26-22-,27-23-,32-28-,36-33-,37-34-,38-35-,44-41-,45-42-,50-46-,54-51-,56-52-,61-57-,66-62-,68-64-/t83-,84+,85+/m0/s1. The van der Waals surface area contributed by atoms with Gasteiger partial charge in [0.05, 0.1) is 26.4 Å². The van der Waals surface area contributed by atoms with E-state index < -0.39 is 97.5 Å². The van der Waals surface area contributed by atoms with Crippen molar-refractivity contribution in [1.29, 1.82) is 0 Å². The summed E-state index contributed by atoms with van der Waals surface area (Å²) in [6.45, 7) is 4.51. The molecule has 0 radical (unpaired) electrons. The molecule has 108 heavy (non-hydrogen) atoms. The Labute approximate surface area is 654 Å². The lowest BCUT2D eigenvalue weighted by Crippen LogP contribution is -2.30. The molecular weight excluding hydrogens is 1400 g/mol. The molecule has 5 atom stereocenters. The van der Waals surface area contributed by atoms with Gasteiger partial charge in [0.2, 0.25) is 0 Å². The minimum Gasteiger partial charge on any atom is -0.462 e. The molecule has 612 valence electrons. The average molecular weight is 1550 g/mol. The molecule has 0 saturated carbocycles. The minimum absolute atomic E-state index is 0.0145. The molecule has 0 heterocycles. The van der Waals surface area contributed by atoms with Crippen molar-refractivity contribution >= 4 is 39.5 Å². The first-order valence-electron chi connectivity index (χ1n) is 41.0. The van der Waals surface area contributed by atoms with Gasteiger partial charge in [-0.1, -0.05) is 287 Å². The van der Waals surface area contributed by atoms with Crippen LogP contribution in [0.25, 0.3) is 0 Å². The second kappa shape index (κ2) is 79.3. The van der Waals surface area contributed by atoms with Crippen molar-refractivity contribution in [2.75, 3.05) is 39.6 Å². The molecule has 3 N–H and O–H groups in total. The van der Waals surface area contributed by atoms with Crippen molar-refractivity contribution < 1.29 is 80.2 Å². The van der Waals surface area contributed by atoms with Gasteiger partial charge in [-0.2, -0.15) is 0 Å². The average Bonchev–Trinajstić information content (AvgIpc) is 0.892. The third-order valence-corrected chi connectivity index (χ3v) is 18.2. The number of esters is 4. The van der Waals surface area contributed by atoms with Crippen molar-refractivity contribution in [3.63, 3.8) is 0 Å². The first kappa shape index (κ1) is 102. The SMILES string of the molecule is CCCCC/C=C\C/C=C\C/C=C\C/C=C\C/C=C\CCC(=O)OC[C@H](COP(=O)(O)OC[C@@H](O)COP(=O)(O)OC[C@@H](COC(=O)CCC/C=C\C/C=C\C/C=C\C/C=C\CCCCC)OC(=O)CCCCCCC/C=C\CCCCCC)OC(=O)CC/C=C\C/C=C\C/C=C\C/C=C\C/C=C\CCCCC. The number of hydrogen-bond donors (Lipinski definition) is 3. The Hall–Kier alpha value is -5.84. The molecular formula is C89H144O17P2. The van der Waals surface area contributed by atoms with E-state index in [0.29, 0.717) is 44.9 Å². The van der Waals surface area contributed by atoms with Crippen LogP contribution in [0.2, 0.25) is 0 Å². The van der Waals surface area contributed by atoms with Gasteiger partial charge in [-0.05, 0) is 167 Å². The summed E-state index contributed by atoms with van der Waals surface area (Å²) in [4.78, 5) is 73.0. The van der Waals surface area contributed by atoms with Gasteiger partial charge in [0.15, 0.2) is 12.2 Å². The minimum atomic E-state index is -5.03. The fraction of sp³-hybridized carbons (Fsp3) is 0.618. The first-order valence-corrected chi connectivity index (χ1v) is 44.0. The van der Waals surface area contributed by atoms with Crippen LogP contribution in [-0.4, -0.2) is 96.7 Å². The Bertz CT molecular complexity index is 2760. The topological polar surface area (TPSA) is 237 Å². The Balaban J connectivity index is 5.57. The molecule has 0 rings (SSSR count). The zero-order valence-electron chi connectivity index (χ0n) is 66.9. The summed E-state index contributed by atoms with van der Waals surface area (Å²) in [7, 11) is -10.0. The van der Waals surface area contributed by atoms with Crippen molar-refractivity contribution in [3.05, 3.63) is 182 Å². The smallest absolute Gasteiger partial charge is 0.462 e. The summed E-state index contributed by atoms with van der Waals surface area (Å²) in [5.41, 5.74) is 0. The number of rotatable bonds is 75. The van der Waals surface area contributed by atoms with Crippen molar-refractivity contribution in [2.45, 2.75) is 316 Å². The molecule has 0 spiro atoms. The van der Waals surface area contributed by atoms with Crippen molar-refractivity contribution in [3.8, 4) is 0 Å². The van der Waals surface area contributed by atoms with E-state index in [9.17, 15) is 43.2 Å². The lowest BCUT2D eigenvalue weighted by atomic mass is 10.1. The monoisotopic (exact) mass is 1550 g/mol. The number of carbonyl (C=O) groups excluding carboxylic acids is 4. The zero-order valence-corrected chi connectivity index (χ0v) is 68.7. The number of aliphatic hydroxyl groups is 1. The van der Waals surface area contributed by atoms with E-state index in [0.717, 1.165) is 116 Å². The predicted octanol–water partition coefficient (Wildman–Crippen LogP) is 24.3. The van der Waals surface area contributed by atoms with Crippen LogP contribution in [-0.2, 0) is 65.4 Å². The van der Waals surface area contributed by atoms with E-state index in [1.165, 1.54) is 83.5 Å². The number of unbranched alkanes of at least 4 members (excludes halogenated alkanes) is 19. The van der Waals surface area contributed by atoms with E-state index in [2.05, 4.69) is 161 Å².